The van der Waals surface area contributed by atoms with Crippen LogP contribution in [0.15, 0.2) is 48.5 Å². The van der Waals surface area contributed by atoms with Crippen LogP contribution in [0.1, 0.15) is 38.2 Å². The van der Waals surface area contributed by atoms with Gasteiger partial charge in [0.05, 0.1) is 16.5 Å². The summed E-state index contributed by atoms with van der Waals surface area (Å²) in [5.41, 5.74) is -1.20. The Morgan fingerprint density at radius 1 is 1.07 bits per heavy atom. The summed E-state index contributed by atoms with van der Waals surface area (Å²) in [6.45, 7) is 4.17. The third-order valence-electron chi connectivity index (χ3n) is 7.84. The number of amides is 1. The molecule has 2 fully saturated rings. The maximum atomic E-state index is 13.3. The van der Waals surface area contributed by atoms with Crippen LogP contribution in [0.4, 0.5) is 30.4 Å². The molecule has 2 heterocycles. The van der Waals surface area contributed by atoms with Gasteiger partial charge in [-0.15, -0.1) is 0 Å². The van der Waals surface area contributed by atoms with Crippen molar-refractivity contribution < 1.29 is 27.6 Å². The minimum absolute atomic E-state index is 0.0680. The molecule has 9 nitrogen and oxygen atoms in total. The molecule has 0 radical (unpaired) electrons. The number of benzene rings is 2. The summed E-state index contributed by atoms with van der Waals surface area (Å²) >= 11 is 6.07. The summed E-state index contributed by atoms with van der Waals surface area (Å²) in [5.74, 6) is 0.788. The first-order valence-corrected chi connectivity index (χ1v) is 14.2. The third kappa shape index (κ3) is 6.87. The molecule has 0 spiro atoms. The molecular weight excluding hydrogens is 575 g/mol. The van der Waals surface area contributed by atoms with Crippen LogP contribution >= 0.6 is 11.6 Å². The summed E-state index contributed by atoms with van der Waals surface area (Å²) in [4.78, 5) is 31.8. The molecule has 1 saturated heterocycles. The number of carbonyl (C=O) groups is 1. The number of carbonyl (C=O) groups excluding carboxylic acids is 1. The second-order valence-corrected chi connectivity index (χ2v) is 11.1. The Morgan fingerprint density at radius 2 is 1.79 bits per heavy atom. The predicted molar refractivity (Wildman–Crippen MR) is 154 cm³/mol. The molecule has 42 heavy (non-hydrogen) atoms. The van der Waals surface area contributed by atoms with Crippen LogP contribution in [0.2, 0.25) is 5.02 Å². The van der Waals surface area contributed by atoms with Crippen molar-refractivity contribution >= 4 is 45.6 Å². The Labute approximate surface area is 245 Å². The zero-order valence-corrected chi connectivity index (χ0v) is 23.7. The van der Waals surface area contributed by atoms with Crippen molar-refractivity contribution in [2.45, 2.75) is 57.0 Å². The molecule has 1 saturated carbocycles. The van der Waals surface area contributed by atoms with Gasteiger partial charge >= 0.3 is 6.18 Å². The Bertz CT molecular complexity index is 1460. The molecule has 2 aromatic carbocycles. The maximum absolute atomic E-state index is 13.3. The van der Waals surface area contributed by atoms with Crippen LogP contribution in [0.5, 0.6) is 0 Å². The van der Waals surface area contributed by atoms with Crippen molar-refractivity contribution in [3.05, 3.63) is 69.2 Å². The van der Waals surface area contributed by atoms with E-state index in [0.29, 0.717) is 56.9 Å². The Hall–Kier alpha value is -3.64. The molecule has 1 unspecified atom stereocenters. The molecule has 1 atom stereocenters. The van der Waals surface area contributed by atoms with Gasteiger partial charge in [-0.05, 0) is 75.1 Å². The molecule has 224 valence electrons. The highest BCUT2D eigenvalue weighted by atomic mass is 35.5. The Kier molecular flexibility index (Phi) is 8.74. The molecule has 1 aliphatic carbocycles. The van der Waals surface area contributed by atoms with Crippen molar-refractivity contribution in [3.63, 3.8) is 0 Å². The lowest BCUT2D eigenvalue weighted by atomic mass is 9.92. The van der Waals surface area contributed by atoms with E-state index < -0.39 is 28.5 Å². The van der Waals surface area contributed by atoms with Gasteiger partial charge in [0.1, 0.15) is 17.5 Å². The van der Waals surface area contributed by atoms with Crippen molar-refractivity contribution in [1.82, 2.24) is 9.88 Å². The fraction of sp³-hybridized carbons (Fsp3) is 0.448. The van der Waals surface area contributed by atoms with Gasteiger partial charge in [0, 0.05) is 54.4 Å². The molecule has 1 N–H and O–H groups in total. The molecule has 5 rings (SSSR count). The topological polar surface area (TPSA) is 101 Å². The van der Waals surface area contributed by atoms with Crippen molar-refractivity contribution in [1.29, 1.82) is 0 Å². The normalized spacial score (nSPS) is 20.4. The highest BCUT2D eigenvalue weighted by Gasteiger charge is 2.38. The van der Waals surface area contributed by atoms with Crippen LogP contribution < -0.4 is 10.2 Å². The molecule has 3 aromatic rings. The van der Waals surface area contributed by atoms with Crippen LogP contribution in [0.25, 0.3) is 10.9 Å². The molecule has 2 aliphatic rings. The number of halogens is 4. The first kappa shape index (κ1) is 29.8. The number of nitro benzene ring substituents is 1. The van der Waals surface area contributed by atoms with Gasteiger partial charge in [0.15, 0.2) is 0 Å². The number of hydrogen-bond acceptors (Lipinski definition) is 7. The van der Waals surface area contributed by atoms with Gasteiger partial charge in [0.2, 0.25) is 0 Å². The predicted octanol–water partition coefficient (Wildman–Crippen LogP) is 6.29. The van der Waals surface area contributed by atoms with Crippen LogP contribution in [-0.2, 0) is 15.7 Å². The lowest BCUT2D eigenvalue weighted by Gasteiger charge is -2.37. The van der Waals surface area contributed by atoms with Gasteiger partial charge in [-0.25, -0.2) is 4.98 Å². The van der Waals surface area contributed by atoms with Gasteiger partial charge in [-0.3, -0.25) is 14.9 Å². The molecular formula is C29H31ClF3N5O4. The average molecular weight is 606 g/mol. The second-order valence-electron chi connectivity index (χ2n) is 10.7. The van der Waals surface area contributed by atoms with Gasteiger partial charge in [0.25, 0.3) is 11.6 Å². The smallest absolute Gasteiger partial charge is 0.382 e. The number of fused-ring (bicyclic) bond motifs is 1. The van der Waals surface area contributed by atoms with Gasteiger partial charge < -0.3 is 19.9 Å². The van der Waals surface area contributed by atoms with E-state index in [4.69, 9.17) is 21.3 Å². The molecule has 1 amide bonds. The fourth-order valence-electron chi connectivity index (χ4n) is 5.61. The van der Waals surface area contributed by atoms with Crippen LogP contribution in [0, 0.1) is 10.1 Å². The van der Waals surface area contributed by atoms with Crippen molar-refractivity contribution in [2.24, 2.45) is 0 Å². The first-order valence-electron chi connectivity index (χ1n) is 13.9. The first-order chi connectivity index (χ1) is 20.0. The number of hydrogen-bond donors (Lipinski definition) is 1. The van der Waals surface area contributed by atoms with E-state index in [1.54, 1.807) is 6.92 Å². The van der Waals surface area contributed by atoms with Crippen molar-refractivity contribution in [3.8, 4) is 0 Å². The molecule has 1 aliphatic heterocycles. The van der Waals surface area contributed by atoms with E-state index in [0.717, 1.165) is 28.9 Å². The van der Waals surface area contributed by atoms with E-state index in [1.807, 2.05) is 35.2 Å². The van der Waals surface area contributed by atoms with E-state index in [9.17, 15) is 28.1 Å². The van der Waals surface area contributed by atoms with E-state index >= 15 is 0 Å². The number of rotatable bonds is 7. The number of ether oxygens (including phenoxy) is 1. The Morgan fingerprint density at radius 3 is 2.45 bits per heavy atom. The maximum Gasteiger partial charge on any atom is 0.423 e. The fourth-order valence-corrected chi connectivity index (χ4v) is 5.79. The monoisotopic (exact) mass is 605 g/mol. The molecule has 13 heteroatoms. The average Bonchev–Trinajstić information content (AvgIpc) is 2.97. The number of nitrogens with one attached hydrogen (secondary N) is 1. The number of piperazine rings is 1. The summed E-state index contributed by atoms with van der Waals surface area (Å²) in [6, 6.07) is 12.4. The lowest BCUT2D eigenvalue weighted by Crippen LogP contribution is -2.52. The minimum atomic E-state index is -4.83. The SMILES string of the molecule is CC(OC1CCC(Nc2ccc([N+](=O)[O-])c(C(F)(F)F)c2)CC1)C(=O)N1CCN(c2ccc3cc(Cl)ccc3n2)CC1. The minimum Gasteiger partial charge on any atom is -0.382 e. The number of aromatic nitrogens is 1. The van der Waals surface area contributed by atoms with Gasteiger partial charge in [-0.2, -0.15) is 13.2 Å². The second kappa shape index (κ2) is 12.3. The number of pyridine rings is 1. The van der Waals surface area contributed by atoms with E-state index in [1.165, 1.54) is 6.07 Å². The van der Waals surface area contributed by atoms with E-state index in [2.05, 4.69) is 10.2 Å². The van der Waals surface area contributed by atoms with Crippen LogP contribution in [0.3, 0.4) is 0 Å². The number of nitrogens with zero attached hydrogens (tertiary/aromatic N) is 4. The number of alkyl halides is 3. The number of nitro groups is 1. The Balaban J connectivity index is 1.08. The summed E-state index contributed by atoms with van der Waals surface area (Å²) in [5, 5.41) is 15.7. The molecule has 0 bridgehead atoms. The van der Waals surface area contributed by atoms with Crippen molar-refractivity contribution in [2.75, 3.05) is 36.4 Å². The quantitative estimate of drug-likeness (QED) is 0.249. The molecule has 1 aromatic heterocycles. The van der Waals surface area contributed by atoms with Gasteiger partial charge in [-0.1, -0.05) is 11.6 Å². The highest BCUT2D eigenvalue weighted by molar-refractivity contribution is 6.31. The third-order valence-corrected chi connectivity index (χ3v) is 8.07. The lowest BCUT2D eigenvalue weighted by molar-refractivity contribution is -0.388. The summed E-state index contributed by atoms with van der Waals surface area (Å²) in [7, 11) is 0. The van der Waals surface area contributed by atoms with Crippen LogP contribution in [-0.4, -0.2) is 65.1 Å². The number of anilines is 2. The highest BCUT2D eigenvalue weighted by Crippen LogP contribution is 2.38. The standard InChI is InChI=1S/C29H31ClF3N5O4/c1-18(28(39)37-14-12-36(13-15-37)27-11-2-19-16-20(30)3-9-25(19)35-27)42-23-7-4-21(5-8-23)34-22-6-10-26(38(40)41)24(17-22)29(31,32)33/h2-3,6,9-11,16-18,21,23,34H,4-5,7-8,12-15H2,1H3. The zero-order chi connectivity index (χ0) is 30.0. The largest absolute Gasteiger partial charge is 0.423 e. The summed E-state index contributed by atoms with van der Waals surface area (Å²) in [6.07, 6.45) is -3.04. The summed E-state index contributed by atoms with van der Waals surface area (Å²) < 4.78 is 46.0. The van der Waals surface area contributed by atoms with E-state index in [-0.39, 0.29) is 23.7 Å². The zero-order valence-electron chi connectivity index (χ0n) is 22.9.